The maximum atomic E-state index is 12.8. The molecule has 28 heavy (non-hydrogen) atoms. The van der Waals surface area contributed by atoms with Crippen LogP contribution in [-0.2, 0) is 20.7 Å². The van der Waals surface area contributed by atoms with Crippen LogP contribution in [0.2, 0.25) is 0 Å². The number of aryl methyl sites for hydroxylation is 1. The van der Waals surface area contributed by atoms with Gasteiger partial charge in [-0.2, -0.15) is 0 Å². The predicted molar refractivity (Wildman–Crippen MR) is 111 cm³/mol. The number of allylic oxidation sites excluding steroid dienone is 2. The topological polar surface area (TPSA) is 46.6 Å². The maximum absolute atomic E-state index is 12.8. The second-order valence-electron chi connectivity index (χ2n) is 8.15. The minimum Gasteiger partial charge on any atom is -0.466 e. The van der Waals surface area contributed by atoms with Gasteiger partial charge in [-0.1, -0.05) is 42.5 Å². The molecule has 1 unspecified atom stereocenters. The largest absolute Gasteiger partial charge is 0.466 e. The van der Waals surface area contributed by atoms with Gasteiger partial charge in [0.05, 0.1) is 12.0 Å². The standard InChI is InChI=1S/C24H33NO3/c1-2-28-23(27)24(15-9-12-20-10-5-3-6-11-20)16-18-25(19-17-24)22(26)21-13-7-4-8-14-21/h3-7,10-11,21H,2,8-9,12-19H2,1H3. The van der Waals surface area contributed by atoms with Crippen LogP contribution in [0.5, 0.6) is 0 Å². The molecule has 4 heteroatoms. The van der Waals surface area contributed by atoms with Crippen LogP contribution < -0.4 is 0 Å². The zero-order chi connectivity index (χ0) is 19.8. The van der Waals surface area contributed by atoms with Gasteiger partial charge >= 0.3 is 5.97 Å². The van der Waals surface area contributed by atoms with E-state index in [1.165, 1.54) is 5.56 Å². The molecule has 0 saturated carbocycles. The second kappa shape index (κ2) is 9.90. The van der Waals surface area contributed by atoms with E-state index in [4.69, 9.17) is 4.74 Å². The van der Waals surface area contributed by atoms with Gasteiger partial charge in [-0.3, -0.25) is 9.59 Å². The van der Waals surface area contributed by atoms with Crippen LogP contribution >= 0.6 is 0 Å². The Morgan fingerprint density at radius 2 is 1.89 bits per heavy atom. The van der Waals surface area contributed by atoms with Gasteiger partial charge in [0.1, 0.15) is 0 Å². The molecule has 1 heterocycles. The fourth-order valence-electron chi connectivity index (χ4n) is 4.55. The molecule has 0 bridgehead atoms. The lowest BCUT2D eigenvalue weighted by atomic mass is 9.74. The molecule has 1 fully saturated rings. The van der Waals surface area contributed by atoms with E-state index in [0.717, 1.165) is 51.4 Å². The molecule has 152 valence electrons. The van der Waals surface area contributed by atoms with Gasteiger partial charge in [0.2, 0.25) is 5.91 Å². The lowest BCUT2D eigenvalue weighted by Crippen LogP contribution is -2.48. The van der Waals surface area contributed by atoms with Crippen molar-refractivity contribution < 1.29 is 14.3 Å². The van der Waals surface area contributed by atoms with Crippen molar-refractivity contribution in [1.29, 1.82) is 0 Å². The number of esters is 1. The molecule has 1 aliphatic heterocycles. The van der Waals surface area contributed by atoms with Crippen LogP contribution in [0.3, 0.4) is 0 Å². The highest BCUT2D eigenvalue weighted by Crippen LogP contribution is 2.39. The summed E-state index contributed by atoms with van der Waals surface area (Å²) < 4.78 is 5.45. The third-order valence-electron chi connectivity index (χ3n) is 6.32. The average molecular weight is 384 g/mol. The number of likely N-dealkylation sites (tertiary alicyclic amines) is 1. The van der Waals surface area contributed by atoms with Crippen LogP contribution in [-0.4, -0.2) is 36.5 Å². The molecule has 0 aromatic heterocycles. The van der Waals surface area contributed by atoms with E-state index in [9.17, 15) is 9.59 Å². The summed E-state index contributed by atoms with van der Waals surface area (Å²) in [7, 11) is 0. The van der Waals surface area contributed by atoms with Gasteiger partial charge in [0.25, 0.3) is 0 Å². The minimum atomic E-state index is -0.436. The lowest BCUT2D eigenvalue weighted by Gasteiger charge is -2.41. The van der Waals surface area contributed by atoms with Gasteiger partial charge in [-0.05, 0) is 63.9 Å². The first-order valence-corrected chi connectivity index (χ1v) is 10.8. The second-order valence-corrected chi connectivity index (χ2v) is 8.15. The van der Waals surface area contributed by atoms with Crippen molar-refractivity contribution in [1.82, 2.24) is 4.90 Å². The van der Waals surface area contributed by atoms with Crippen molar-refractivity contribution in [2.45, 2.75) is 58.3 Å². The SMILES string of the molecule is CCOC(=O)C1(CCCc2ccccc2)CCN(C(=O)C2CC=CCC2)CC1. The summed E-state index contributed by atoms with van der Waals surface area (Å²) in [4.78, 5) is 27.6. The first-order valence-electron chi connectivity index (χ1n) is 10.8. The van der Waals surface area contributed by atoms with E-state index in [-0.39, 0.29) is 17.8 Å². The Bertz CT molecular complexity index is 674. The smallest absolute Gasteiger partial charge is 0.312 e. The van der Waals surface area contributed by atoms with Crippen molar-refractivity contribution >= 4 is 11.9 Å². The number of hydrogen-bond acceptors (Lipinski definition) is 3. The first kappa shape index (κ1) is 20.6. The van der Waals surface area contributed by atoms with E-state index >= 15 is 0 Å². The van der Waals surface area contributed by atoms with Gasteiger partial charge < -0.3 is 9.64 Å². The molecular weight excluding hydrogens is 350 g/mol. The Morgan fingerprint density at radius 1 is 1.14 bits per heavy atom. The first-order chi connectivity index (χ1) is 13.6. The average Bonchev–Trinajstić information content (AvgIpc) is 2.75. The molecule has 1 aliphatic carbocycles. The molecule has 1 aromatic rings. The van der Waals surface area contributed by atoms with Gasteiger partial charge in [0, 0.05) is 19.0 Å². The van der Waals surface area contributed by atoms with Crippen molar-refractivity contribution in [3.05, 3.63) is 48.0 Å². The predicted octanol–water partition coefficient (Wildman–Crippen LogP) is 4.54. The van der Waals surface area contributed by atoms with Gasteiger partial charge in [-0.15, -0.1) is 0 Å². The number of hydrogen-bond donors (Lipinski definition) is 0. The van der Waals surface area contributed by atoms with Crippen LogP contribution in [0.4, 0.5) is 0 Å². The number of rotatable bonds is 7. The van der Waals surface area contributed by atoms with E-state index in [0.29, 0.717) is 19.7 Å². The molecule has 0 radical (unpaired) electrons. The molecule has 0 N–H and O–H groups in total. The number of amides is 1. The summed E-state index contributed by atoms with van der Waals surface area (Å²) in [5.41, 5.74) is 0.869. The van der Waals surface area contributed by atoms with Crippen molar-refractivity contribution in [3.63, 3.8) is 0 Å². The van der Waals surface area contributed by atoms with E-state index in [1.807, 2.05) is 17.9 Å². The number of piperidine rings is 1. The lowest BCUT2D eigenvalue weighted by molar-refractivity contribution is -0.161. The monoisotopic (exact) mass is 383 g/mol. The molecule has 1 atom stereocenters. The Morgan fingerprint density at radius 3 is 2.54 bits per heavy atom. The molecule has 3 rings (SSSR count). The fourth-order valence-corrected chi connectivity index (χ4v) is 4.55. The van der Waals surface area contributed by atoms with Crippen LogP contribution in [0.1, 0.15) is 57.4 Å². The molecule has 1 amide bonds. The number of nitrogens with zero attached hydrogens (tertiary/aromatic N) is 1. The van der Waals surface area contributed by atoms with Gasteiger partial charge in [-0.25, -0.2) is 0 Å². The van der Waals surface area contributed by atoms with Crippen LogP contribution in [0, 0.1) is 11.3 Å². The summed E-state index contributed by atoms with van der Waals surface area (Å²) in [6, 6.07) is 10.4. The zero-order valence-corrected chi connectivity index (χ0v) is 17.1. The third-order valence-corrected chi connectivity index (χ3v) is 6.32. The van der Waals surface area contributed by atoms with Gasteiger partial charge in [0.15, 0.2) is 0 Å². The highest BCUT2D eigenvalue weighted by molar-refractivity contribution is 5.81. The van der Waals surface area contributed by atoms with Crippen molar-refractivity contribution in [3.8, 4) is 0 Å². The molecule has 2 aliphatic rings. The Kier molecular flexibility index (Phi) is 7.30. The Hall–Kier alpha value is -2.10. The number of carbonyl (C=O) groups is 2. The third kappa shape index (κ3) is 5.03. The van der Waals surface area contributed by atoms with Crippen LogP contribution in [0.25, 0.3) is 0 Å². The summed E-state index contributed by atoms with van der Waals surface area (Å²) in [6.45, 7) is 3.62. The summed E-state index contributed by atoms with van der Waals surface area (Å²) in [5, 5.41) is 0. The Balaban J connectivity index is 1.59. The van der Waals surface area contributed by atoms with Crippen LogP contribution in [0.15, 0.2) is 42.5 Å². The fraction of sp³-hybridized carbons (Fsp3) is 0.583. The Labute approximate surface area is 168 Å². The number of ether oxygens (including phenoxy) is 1. The minimum absolute atomic E-state index is 0.0734. The van der Waals surface area contributed by atoms with Crippen molar-refractivity contribution in [2.24, 2.45) is 11.3 Å². The molecule has 0 spiro atoms. The highest BCUT2D eigenvalue weighted by Gasteiger charge is 2.43. The quantitative estimate of drug-likeness (QED) is 0.513. The summed E-state index contributed by atoms with van der Waals surface area (Å²) in [5.74, 6) is 0.319. The number of carbonyl (C=O) groups excluding carboxylic acids is 2. The normalized spacial score (nSPS) is 21.3. The van der Waals surface area contributed by atoms with E-state index in [1.54, 1.807) is 0 Å². The molecular formula is C24H33NO3. The molecule has 1 aromatic carbocycles. The van der Waals surface area contributed by atoms with E-state index in [2.05, 4.69) is 36.4 Å². The number of benzene rings is 1. The van der Waals surface area contributed by atoms with E-state index < -0.39 is 5.41 Å². The molecule has 1 saturated heterocycles. The molecule has 4 nitrogen and oxygen atoms in total. The summed E-state index contributed by atoms with van der Waals surface area (Å²) >= 11 is 0. The highest BCUT2D eigenvalue weighted by atomic mass is 16.5. The zero-order valence-electron chi connectivity index (χ0n) is 17.1. The maximum Gasteiger partial charge on any atom is 0.312 e. The van der Waals surface area contributed by atoms with Crippen molar-refractivity contribution in [2.75, 3.05) is 19.7 Å². The summed E-state index contributed by atoms with van der Waals surface area (Å²) in [6.07, 6.45) is 11.3.